The summed E-state index contributed by atoms with van der Waals surface area (Å²) in [6, 6.07) is 1.02. The van der Waals surface area contributed by atoms with Crippen LogP contribution in [0.15, 0.2) is 24.3 Å². The van der Waals surface area contributed by atoms with E-state index in [1.165, 1.54) is 12.1 Å². The fraction of sp³-hybridized carbons (Fsp3) is 0.476. The van der Waals surface area contributed by atoms with Gasteiger partial charge in [0.05, 0.1) is 12.5 Å². The number of rotatable bonds is 13. The van der Waals surface area contributed by atoms with Gasteiger partial charge < -0.3 is 37.6 Å². The Morgan fingerprint density at radius 1 is 0.941 bits per heavy atom. The molecule has 1 aromatic carbocycles. The lowest BCUT2D eigenvalue weighted by molar-refractivity contribution is -0.142. The van der Waals surface area contributed by atoms with Crippen molar-refractivity contribution < 1.29 is 34.2 Å². The van der Waals surface area contributed by atoms with Crippen molar-refractivity contribution in [1.29, 1.82) is 0 Å². The molecule has 0 radical (unpaired) electrons. The van der Waals surface area contributed by atoms with Crippen LogP contribution in [-0.4, -0.2) is 69.7 Å². The highest BCUT2D eigenvalue weighted by atomic mass is 32.1. The number of nitrogens with one attached hydrogen (secondary N) is 3. The topological polar surface area (TPSA) is 214 Å². The van der Waals surface area contributed by atoms with Crippen molar-refractivity contribution in [2.45, 2.75) is 50.9 Å². The van der Waals surface area contributed by atoms with Crippen LogP contribution in [0.1, 0.15) is 25.8 Å². The van der Waals surface area contributed by atoms with E-state index in [-0.39, 0.29) is 17.9 Å². The van der Waals surface area contributed by atoms with Crippen molar-refractivity contribution in [3.63, 3.8) is 0 Å². The molecule has 4 amide bonds. The SMILES string of the molecule is CC(C)C(NC(=O)C(Cc1ccc(O)cc1)NC(=O)C(N)CC(N)=O)C(=O)NC(CS)C(=O)O. The molecule has 0 aliphatic rings. The first-order valence-corrected chi connectivity index (χ1v) is 11.1. The van der Waals surface area contributed by atoms with E-state index in [9.17, 15) is 29.1 Å². The van der Waals surface area contributed by atoms with Gasteiger partial charge in [-0.05, 0) is 23.6 Å². The number of carboxylic acids is 1. The summed E-state index contributed by atoms with van der Waals surface area (Å²) in [7, 11) is 0. The van der Waals surface area contributed by atoms with Crippen molar-refractivity contribution in [3.05, 3.63) is 29.8 Å². The number of nitrogens with two attached hydrogens (primary N) is 2. The van der Waals surface area contributed by atoms with E-state index in [2.05, 4.69) is 28.6 Å². The average molecular weight is 498 g/mol. The summed E-state index contributed by atoms with van der Waals surface area (Å²) < 4.78 is 0. The van der Waals surface area contributed by atoms with Gasteiger partial charge >= 0.3 is 5.97 Å². The Hall–Kier alpha value is -3.32. The number of benzene rings is 1. The van der Waals surface area contributed by atoms with Gasteiger partial charge in [-0.25, -0.2) is 4.79 Å². The lowest BCUT2D eigenvalue weighted by Crippen LogP contribution is -2.59. The molecule has 0 heterocycles. The smallest absolute Gasteiger partial charge is 0.327 e. The second kappa shape index (κ2) is 13.4. The Bertz CT molecular complexity index is 894. The second-order valence-electron chi connectivity index (χ2n) is 8.02. The number of thiol groups is 1. The van der Waals surface area contributed by atoms with E-state index in [1.54, 1.807) is 26.0 Å². The minimum atomic E-state index is -1.29. The van der Waals surface area contributed by atoms with Gasteiger partial charge in [0.2, 0.25) is 23.6 Å². The standard InChI is InChI=1S/C21H31N5O7S/c1-10(2)17(20(31)25-15(9-34)21(32)33)26-19(30)14(7-11-3-5-12(27)6-4-11)24-18(29)13(22)8-16(23)28/h3-6,10,13-15,17,27,34H,7-9,22H2,1-2H3,(H2,23,28)(H,24,29)(H,25,31)(H,26,30)(H,32,33). The van der Waals surface area contributed by atoms with Gasteiger partial charge in [-0.2, -0.15) is 12.6 Å². The quantitative estimate of drug-likeness (QED) is 0.146. The lowest BCUT2D eigenvalue weighted by atomic mass is 10.00. The largest absolute Gasteiger partial charge is 0.508 e. The van der Waals surface area contributed by atoms with E-state index in [0.717, 1.165) is 0 Å². The molecule has 34 heavy (non-hydrogen) atoms. The van der Waals surface area contributed by atoms with Gasteiger partial charge in [-0.3, -0.25) is 19.2 Å². The molecule has 188 valence electrons. The van der Waals surface area contributed by atoms with E-state index in [0.29, 0.717) is 5.56 Å². The molecule has 0 saturated carbocycles. The van der Waals surface area contributed by atoms with E-state index < -0.39 is 66.1 Å². The van der Waals surface area contributed by atoms with Crippen molar-refractivity contribution in [2.75, 3.05) is 5.75 Å². The zero-order chi connectivity index (χ0) is 26.0. The maximum atomic E-state index is 13.1. The highest BCUT2D eigenvalue weighted by Gasteiger charge is 2.32. The van der Waals surface area contributed by atoms with Crippen LogP contribution in [0.2, 0.25) is 0 Å². The number of phenols is 1. The van der Waals surface area contributed by atoms with Crippen LogP contribution in [0.25, 0.3) is 0 Å². The van der Waals surface area contributed by atoms with Gasteiger partial charge in [0.1, 0.15) is 23.9 Å². The molecule has 4 unspecified atom stereocenters. The van der Waals surface area contributed by atoms with Crippen LogP contribution in [-0.2, 0) is 30.4 Å². The number of primary amides is 1. The molecular formula is C21H31N5O7S. The first-order valence-electron chi connectivity index (χ1n) is 10.4. The number of hydrogen-bond acceptors (Lipinski definition) is 8. The monoisotopic (exact) mass is 497 g/mol. The number of aromatic hydroxyl groups is 1. The molecule has 9 N–H and O–H groups in total. The molecular weight excluding hydrogens is 466 g/mol. The van der Waals surface area contributed by atoms with Gasteiger partial charge in [-0.1, -0.05) is 26.0 Å². The molecule has 1 rings (SSSR count). The van der Waals surface area contributed by atoms with E-state index in [1.807, 2.05) is 0 Å². The summed E-state index contributed by atoms with van der Waals surface area (Å²) in [4.78, 5) is 60.5. The van der Waals surface area contributed by atoms with Gasteiger partial charge in [0, 0.05) is 12.2 Å². The number of hydrogen-bond donors (Lipinski definition) is 8. The van der Waals surface area contributed by atoms with Crippen LogP contribution < -0.4 is 27.4 Å². The summed E-state index contributed by atoms with van der Waals surface area (Å²) in [5.41, 5.74) is 11.3. The summed E-state index contributed by atoms with van der Waals surface area (Å²) in [5, 5.41) is 25.9. The lowest BCUT2D eigenvalue weighted by Gasteiger charge is -2.27. The van der Waals surface area contributed by atoms with Crippen LogP contribution in [0.4, 0.5) is 0 Å². The first-order chi connectivity index (χ1) is 15.8. The van der Waals surface area contributed by atoms with Gasteiger partial charge in [-0.15, -0.1) is 0 Å². The molecule has 12 nitrogen and oxygen atoms in total. The number of amides is 4. The Kier molecular flexibility index (Phi) is 11.3. The average Bonchev–Trinajstić information content (AvgIpc) is 2.75. The molecule has 1 aromatic rings. The fourth-order valence-electron chi connectivity index (χ4n) is 2.90. The zero-order valence-corrected chi connectivity index (χ0v) is 19.7. The molecule has 0 aliphatic heterocycles. The number of phenolic OH excluding ortho intramolecular Hbond substituents is 1. The van der Waals surface area contributed by atoms with E-state index in [4.69, 9.17) is 16.6 Å². The van der Waals surface area contributed by atoms with Crippen molar-refractivity contribution in [3.8, 4) is 5.75 Å². The molecule has 0 spiro atoms. The number of aliphatic carboxylic acids is 1. The molecule has 4 atom stereocenters. The first kappa shape index (κ1) is 28.7. The molecule has 0 saturated heterocycles. The maximum Gasteiger partial charge on any atom is 0.327 e. The zero-order valence-electron chi connectivity index (χ0n) is 18.9. The second-order valence-corrected chi connectivity index (χ2v) is 8.39. The number of carboxylic acid groups (broad SMARTS) is 1. The highest BCUT2D eigenvalue weighted by Crippen LogP contribution is 2.12. The number of carbonyl (C=O) groups is 5. The van der Waals surface area contributed by atoms with Crippen LogP contribution >= 0.6 is 12.6 Å². The predicted octanol–water partition coefficient (Wildman–Crippen LogP) is -1.74. The van der Waals surface area contributed by atoms with Crippen molar-refractivity contribution in [2.24, 2.45) is 17.4 Å². The minimum absolute atomic E-state index is 0.00554. The van der Waals surface area contributed by atoms with Crippen LogP contribution in [0.3, 0.4) is 0 Å². The van der Waals surface area contributed by atoms with Crippen LogP contribution in [0.5, 0.6) is 5.75 Å². The third kappa shape index (κ3) is 9.27. The normalized spacial score (nSPS) is 14.4. The Balaban J connectivity index is 3.09. The summed E-state index contributed by atoms with van der Waals surface area (Å²) >= 11 is 3.90. The van der Waals surface area contributed by atoms with Gasteiger partial charge in [0.25, 0.3) is 0 Å². The molecule has 0 aliphatic carbocycles. The maximum absolute atomic E-state index is 13.1. The Morgan fingerprint density at radius 2 is 1.50 bits per heavy atom. The number of carbonyl (C=O) groups excluding carboxylic acids is 4. The van der Waals surface area contributed by atoms with Crippen molar-refractivity contribution in [1.82, 2.24) is 16.0 Å². The summed E-state index contributed by atoms with van der Waals surface area (Å²) in [6.45, 7) is 3.30. The molecule has 0 fully saturated rings. The third-order valence-electron chi connectivity index (χ3n) is 4.81. The third-order valence-corrected chi connectivity index (χ3v) is 5.18. The van der Waals surface area contributed by atoms with Crippen LogP contribution in [0, 0.1) is 5.92 Å². The van der Waals surface area contributed by atoms with Gasteiger partial charge in [0.15, 0.2) is 0 Å². The molecule has 0 bridgehead atoms. The molecule has 13 heteroatoms. The van der Waals surface area contributed by atoms with E-state index >= 15 is 0 Å². The summed E-state index contributed by atoms with van der Waals surface area (Å²) in [6.07, 6.45) is -0.460. The molecule has 0 aromatic heterocycles. The van der Waals surface area contributed by atoms with Crippen molar-refractivity contribution >= 4 is 42.2 Å². The Labute approximate surface area is 202 Å². The highest BCUT2D eigenvalue weighted by molar-refractivity contribution is 7.80. The predicted molar refractivity (Wildman–Crippen MR) is 126 cm³/mol. The summed E-state index contributed by atoms with van der Waals surface area (Å²) in [5.74, 6) is -4.93. The Morgan fingerprint density at radius 3 is 1.97 bits per heavy atom. The fourth-order valence-corrected chi connectivity index (χ4v) is 3.15. The minimum Gasteiger partial charge on any atom is -0.508 e.